The molecule has 1 aromatic carbocycles. The lowest BCUT2D eigenvalue weighted by Crippen LogP contribution is -2.36. The third kappa shape index (κ3) is 2.94. The standard InChI is InChI=1S/C11H12F2N2O4S/c12-7-1-2-8(20(14,17)18)10(13)9(7)11(16)15-6-3-4-19-5-6/h1-2,6H,3-5H2,(H,15,16)(H2,14,17,18). The van der Waals surface area contributed by atoms with E-state index in [9.17, 15) is 22.0 Å². The van der Waals surface area contributed by atoms with Crippen molar-refractivity contribution in [2.45, 2.75) is 17.4 Å². The van der Waals surface area contributed by atoms with Crippen LogP contribution in [-0.4, -0.2) is 33.6 Å². The number of hydrogen-bond donors (Lipinski definition) is 2. The van der Waals surface area contributed by atoms with E-state index in [1.54, 1.807) is 0 Å². The second-order valence-electron chi connectivity index (χ2n) is 4.31. The lowest BCUT2D eigenvalue weighted by Gasteiger charge is -2.12. The van der Waals surface area contributed by atoms with E-state index in [-0.39, 0.29) is 12.6 Å². The molecule has 6 nitrogen and oxygen atoms in total. The molecular formula is C11H12F2N2O4S. The number of nitrogens with two attached hydrogens (primary N) is 1. The Bertz CT molecular complexity index is 642. The molecule has 1 atom stereocenters. The molecule has 3 N–H and O–H groups in total. The quantitative estimate of drug-likeness (QED) is 0.829. The van der Waals surface area contributed by atoms with E-state index in [0.29, 0.717) is 25.2 Å². The molecule has 0 radical (unpaired) electrons. The van der Waals surface area contributed by atoms with Crippen molar-refractivity contribution in [1.29, 1.82) is 0 Å². The van der Waals surface area contributed by atoms with Crippen molar-refractivity contribution >= 4 is 15.9 Å². The van der Waals surface area contributed by atoms with Gasteiger partial charge < -0.3 is 10.1 Å². The fraction of sp³-hybridized carbons (Fsp3) is 0.364. The second-order valence-corrected chi connectivity index (χ2v) is 5.84. The highest BCUT2D eigenvalue weighted by molar-refractivity contribution is 7.89. The molecule has 0 spiro atoms. The van der Waals surface area contributed by atoms with Crippen LogP contribution in [0.5, 0.6) is 0 Å². The molecule has 1 aliphatic rings. The third-order valence-electron chi connectivity index (χ3n) is 2.85. The molecule has 0 saturated carbocycles. The summed E-state index contributed by atoms with van der Waals surface area (Å²) in [6, 6.07) is 0.998. The van der Waals surface area contributed by atoms with E-state index in [2.05, 4.69) is 5.32 Å². The highest BCUT2D eigenvalue weighted by atomic mass is 32.2. The molecule has 0 bridgehead atoms. The average molecular weight is 306 g/mol. The molecule has 0 aromatic heterocycles. The van der Waals surface area contributed by atoms with Gasteiger partial charge in [0, 0.05) is 6.61 Å². The van der Waals surface area contributed by atoms with Gasteiger partial charge in [-0.3, -0.25) is 4.79 Å². The van der Waals surface area contributed by atoms with Gasteiger partial charge in [-0.1, -0.05) is 0 Å². The van der Waals surface area contributed by atoms with Gasteiger partial charge in [-0.25, -0.2) is 22.3 Å². The molecule has 1 aliphatic heterocycles. The summed E-state index contributed by atoms with van der Waals surface area (Å²) in [5, 5.41) is 7.17. The lowest BCUT2D eigenvalue weighted by atomic mass is 10.1. The van der Waals surface area contributed by atoms with Crippen molar-refractivity contribution in [3.63, 3.8) is 0 Å². The smallest absolute Gasteiger partial charge is 0.257 e. The van der Waals surface area contributed by atoms with Crippen LogP contribution >= 0.6 is 0 Å². The van der Waals surface area contributed by atoms with Crippen LogP contribution in [0.1, 0.15) is 16.8 Å². The summed E-state index contributed by atoms with van der Waals surface area (Å²) in [5.41, 5.74) is -0.969. The molecule has 1 fully saturated rings. The van der Waals surface area contributed by atoms with E-state index >= 15 is 0 Å². The summed E-state index contributed by atoms with van der Waals surface area (Å²) in [5.74, 6) is -3.70. The first-order chi connectivity index (χ1) is 9.30. The van der Waals surface area contributed by atoms with Crippen molar-refractivity contribution in [3.8, 4) is 0 Å². The number of carbonyl (C=O) groups excluding carboxylic acids is 1. The normalized spacial score (nSPS) is 19.1. The Balaban J connectivity index is 2.37. The van der Waals surface area contributed by atoms with E-state index < -0.39 is 38.0 Å². The van der Waals surface area contributed by atoms with Crippen LogP contribution < -0.4 is 10.5 Å². The predicted octanol–water partition coefficient (Wildman–Crippen LogP) is 0.131. The number of rotatable bonds is 3. The fourth-order valence-corrected chi connectivity index (χ4v) is 2.48. The van der Waals surface area contributed by atoms with Gasteiger partial charge >= 0.3 is 0 Å². The van der Waals surface area contributed by atoms with Crippen LogP contribution in [0.15, 0.2) is 17.0 Å². The molecule has 2 rings (SSSR count). The topological polar surface area (TPSA) is 98.5 Å². The zero-order valence-corrected chi connectivity index (χ0v) is 11.0. The van der Waals surface area contributed by atoms with Gasteiger partial charge in [0.2, 0.25) is 10.0 Å². The first-order valence-electron chi connectivity index (χ1n) is 5.70. The van der Waals surface area contributed by atoms with Crippen LogP contribution in [0.25, 0.3) is 0 Å². The number of hydrogen-bond acceptors (Lipinski definition) is 4. The number of carbonyl (C=O) groups is 1. The number of nitrogens with one attached hydrogen (secondary N) is 1. The Morgan fingerprint density at radius 3 is 2.65 bits per heavy atom. The molecule has 1 amide bonds. The van der Waals surface area contributed by atoms with Gasteiger partial charge in [-0.05, 0) is 18.6 Å². The van der Waals surface area contributed by atoms with Crippen molar-refractivity contribution in [2.24, 2.45) is 5.14 Å². The van der Waals surface area contributed by atoms with E-state index in [1.807, 2.05) is 0 Å². The number of amides is 1. The average Bonchev–Trinajstić information content (AvgIpc) is 2.79. The molecule has 1 unspecified atom stereocenters. The van der Waals surface area contributed by atoms with E-state index in [1.165, 1.54) is 0 Å². The Morgan fingerprint density at radius 2 is 2.10 bits per heavy atom. The van der Waals surface area contributed by atoms with Crippen LogP contribution in [-0.2, 0) is 14.8 Å². The maximum atomic E-state index is 14.0. The summed E-state index contributed by atoms with van der Waals surface area (Å²) < 4.78 is 54.8. The zero-order valence-electron chi connectivity index (χ0n) is 10.2. The van der Waals surface area contributed by atoms with Crippen LogP contribution in [0.3, 0.4) is 0 Å². The molecule has 110 valence electrons. The largest absolute Gasteiger partial charge is 0.379 e. The van der Waals surface area contributed by atoms with Crippen molar-refractivity contribution in [2.75, 3.05) is 13.2 Å². The van der Waals surface area contributed by atoms with Crippen LogP contribution in [0, 0.1) is 11.6 Å². The maximum absolute atomic E-state index is 14.0. The van der Waals surface area contributed by atoms with Gasteiger partial charge in [0.05, 0.1) is 12.6 Å². The SMILES string of the molecule is NS(=O)(=O)c1ccc(F)c(C(=O)NC2CCOC2)c1F. The molecule has 1 aromatic rings. The van der Waals surface area contributed by atoms with Crippen molar-refractivity contribution in [3.05, 3.63) is 29.3 Å². The fourth-order valence-electron chi connectivity index (χ4n) is 1.87. The summed E-state index contributed by atoms with van der Waals surface area (Å²) in [6.45, 7) is 0.678. The second kappa shape index (κ2) is 5.43. The molecule has 0 aliphatic carbocycles. The minimum absolute atomic E-state index is 0.240. The van der Waals surface area contributed by atoms with Gasteiger partial charge in [0.15, 0.2) is 5.82 Å². The highest BCUT2D eigenvalue weighted by Crippen LogP contribution is 2.20. The summed E-state index contributed by atoms with van der Waals surface area (Å²) >= 11 is 0. The molecule has 1 heterocycles. The Morgan fingerprint density at radius 1 is 1.40 bits per heavy atom. The number of halogens is 2. The van der Waals surface area contributed by atoms with Crippen LogP contribution in [0.4, 0.5) is 8.78 Å². The van der Waals surface area contributed by atoms with Gasteiger partial charge in [0.1, 0.15) is 16.3 Å². The van der Waals surface area contributed by atoms with E-state index in [0.717, 1.165) is 0 Å². The highest BCUT2D eigenvalue weighted by Gasteiger charge is 2.27. The molecule has 20 heavy (non-hydrogen) atoms. The Labute approximate surface area is 114 Å². The minimum Gasteiger partial charge on any atom is -0.379 e. The number of ether oxygens (including phenoxy) is 1. The first kappa shape index (κ1) is 14.8. The number of benzene rings is 1. The molecule has 9 heteroatoms. The number of primary sulfonamides is 1. The predicted molar refractivity (Wildman–Crippen MR) is 64.4 cm³/mol. The number of sulfonamides is 1. The van der Waals surface area contributed by atoms with Gasteiger partial charge in [-0.15, -0.1) is 0 Å². The summed E-state index contributed by atoms with van der Waals surface area (Å²) in [6.07, 6.45) is 0.518. The first-order valence-corrected chi connectivity index (χ1v) is 7.24. The van der Waals surface area contributed by atoms with Crippen molar-refractivity contribution < 1.29 is 26.7 Å². The van der Waals surface area contributed by atoms with E-state index in [4.69, 9.17) is 9.88 Å². The monoisotopic (exact) mass is 306 g/mol. The van der Waals surface area contributed by atoms with Gasteiger partial charge in [0.25, 0.3) is 5.91 Å². The maximum Gasteiger partial charge on any atom is 0.257 e. The lowest BCUT2D eigenvalue weighted by molar-refractivity contribution is 0.0920. The summed E-state index contributed by atoms with van der Waals surface area (Å²) in [4.78, 5) is 10.9. The zero-order chi connectivity index (χ0) is 14.9. The van der Waals surface area contributed by atoms with Crippen LogP contribution in [0.2, 0.25) is 0 Å². The Hall–Kier alpha value is -1.58. The third-order valence-corrected chi connectivity index (χ3v) is 3.78. The van der Waals surface area contributed by atoms with Crippen molar-refractivity contribution in [1.82, 2.24) is 5.32 Å². The summed E-state index contributed by atoms with van der Waals surface area (Å²) in [7, 11) is -4.38. The van der Waals surface area contributed by atoms with Gasteiger partial charge in [-0.2, -0.15) is 0 Å². The molecule has 1 saturated heterocycles. The Kier molecular flexibility index (Phi) is 4.02. The minimum atomic E-state index is -4.38. The molecular weight excluding hydrogens is 294 g/mol.